The monoisotopic (exact) mass is 326 g/mol. The third kappa shape index (κ3) is 3.34. The summed E-state index contributed by atoms with van der Waals surface area (Å²) in [7, 11) is -3.22. The van der Waals surface area contributed by atoms with Crippen LogP contribution in [0.1, 0.15) is 36.3 Å². The van der Waals surface area contributed by atoms with Crippen LogP contribution in [0.4, 0.5) is 4.39 Å². The van der Waals surface area contributed by atoms with E-state index in [0.717, 1.165) is 17.5 Å². The number of alkyl halides is 1. The van der Waals surface area contributed by atoms with Gasteiger partial charge in [-0.1, -0.05) is 24.3 Å². The molecular formula is C16H23FN2O2S. The number of hydrogen-bond acceptors (Lipinski definition) is 3. The van der Waals surface area contributed by atoms with Gasteiger partial charge < -0.3 is 5.73 Å². The SMILES string of the molecule is CS(=O)(=O)N1CCC(F)(Cc2ccccc2C2CC2N)CC1. The highest BCUT2D eigenvalue weighted by Crippen LogP contribution is 2.42. The standard InChI is InChI=1S/C16H23FN2O2S/c1-22(20,21)19-8-6-16(17,7-9-19)11-12-4-2-3-5-13(12)14-10-15(14)18/h2-5,14-15H,6-11,18H2,1H3. The van der Waals surface area contributed by atoms with Crippen LogP contribution in [0.3, 0.4) is 0 Å². The van der Waals surface area contributed by atoms with Gasteiger partial charge >= 0.3 is 0 Å². The van der Waals surface area contributed by atoms with E-state index in [1.54, 1.807) is 0 Å². The Bertz CT molecular complexity index is 654. The van der Waals surface area contributed by atoms with Crippen LogP contribution in [0.25, 0.3) is 0 Å². The average Bonchev–Trinajstić information content (AvgIpc) is 3.15. The summed E-state index contributed by atoms with van der Waals surface area (Å²) >= 11 is 0. The topological polar surface area (TPSA) is 63.4 Å². The molecule has 1 aromatic carbocycles. The Labute approximate surface area is 131 Å². The summed E-state index contributed by atoms with van der Waals surface area (Å²) in [5, 5.41) is 0. The summed E-state index contributed by atoms with van der Waals surface area (Å²) in [6.45, 7) is 0.529. The van der Waals surface area contributed by atoms with Crippen molar-refractivity contribution in [1.29, 1.82) is 0 Å². The number of piperidine rings is 1. The van der Waals surface area contributed by atoms with Gasteiger partial charge in [0.25, 0.3) is 0 Å². The molecule has 2 fully saturated rings. The van der Waals surface area contributed by atoms with Gasteiger partial charge in [-0.2, -0.15) is 0 Å². The molecule has 0 aromatic heterocycles. The minimum Gasteiger partial charge on any atom is -0.327 e. The third-order valence-corrected chi connectivity index (χ3v) is 6.19. The highest BCUT2D eigenvalue weighted by atomic mass is 32.2. The van der Waals surface area contributed by atoms with Crippen LogP contribution in [0.2, 0.25) is 0 Å². The zero-order chi connectivity index (χ0) is 16.0. The molecule has 4 nitrogen and oxygen atoms in total. The van der Waals surface area contributed by atoms with Crippen molar-refractivity contribution in [1.82, 2.24) is 4.31 Å². The second-order valence-corrected chi connectivity index (χ2v) is 8.68. The van der Waals surface area contributed by atoms with Gasteiger partial charge in [0.2, 0.25) is 10.0 Å². The second-order valence-electron chi connectivity index (χ2n) is 6.69. The van der Waals surface area contributed by atoms with E-state index in [1.165, 1.54) is 10.6 Å². The Balaban J connectivity index is 1.72. The molecule has 2 N–H and O–H groups in total. The number of nitrogens with two attached hydrogens (primary N) is 1. The van der Waals surface area contributed by atoms with E-state index in [-0.39, 0.29) is 32.0 Å². The molecule has 0 bridgehead atoms. The normalized spacial score (nSPS) is 28.5. The first-order chi connectivity index (χ1) is 10.3. The molecule has 2 atom stereocenters. The third-order valence-electron chi connectivity index (χ3n) is 4.89. The van der Waals surface area contributed by atoms with Crippen LogP contribution >= 0.6 is 0 Å². The van der Waals surface area contributed by atoms with Crippen molar-refractivity contribution in [2.75, 3.05) is 19.3 Å². The fraction of sp³-hybridized carbons (Fsp3) is 0.625. The van der Waals surface area contributed by atoms with Crippen molar-refractivity contribution in [3.8, 4) is 0 Å². The van der Waals surface area contributed by atoms with Crippen LogP contribution in [-0.2, 0) is 16.4 Å². The fourth-order valence-corrected chi connectivity index (χ4v) is 4.21. The first-order valence-corrected chi connectivity index (χ1v) is 9.61. The van der Waals surface area contributed by atoms with Gasteiger partial charge in [0.05, 0.1) is 6.26 Å². The molecule has 1 aliphatic heterocycles. The molecule has 1 heterocycles. The molecule has 122 valence electrons. The van der Waals surface area contributed by atoms with Crippen LogP contribution in [0.15, 0.2) is 24.3 Å². The Morgan fingerprint density at radius 1 is 1.32 bits per heavy atom. The molecule has 0 amide bonds. The summed E-state index contributed by atoms with van der Waals surface area (Å²) < 4.78 is 39.6. The molecular weight excluding hydrogens is 303 g/mol. The molecule has 2 unspecified atom stereocenters. The number of nitrogens with zero attached hydrogens (tertiary/aromatic N) is 1. The highest BCUT2D eigenvalue weighted by molar-refractivity contribution is 7.88. The Kier molecular flexibility index (Phi) is 4.03. The number of sulfonamides is 1. The second kappa shape index (κ2) is 5.58. The number of hydrogen-bond donors (Lipinski definition) is 1. The van der Waals surface area contributed by atoms with E-state index in [2.05, 4.69) is 0 Å². The van der Waals surface area contributed by atoms with Crippen molar-refractivity contribution >= 4 is 10.0 Å². The van der Waals surface area contributed by atoms with Gasteiger partial charge in [0, 0.05) is 31.5 Å². The molecule has 3 rings (SSSR count). The minimum atomic E-state index is -3.22. The van der Waals surface area contributed by atoms with Crippen LogP contribution < -0.4 is 5.73 Å². The maximum Gasteiger partial charge on any atom is 0.211 e. The summed E-state index contributed by atoms with van der Waals surface area (Å²) in [5.41, 5.74) is 6.80. The number of halogens is 1. The van der Waals surface area contributed by atoms with E-state index in [0.29, 0.717) is 12.3 Å². The Hall–Kier alpha value is -0.980. The van der Waals surface area contributed by atoms with Crippen molar-refractivity contribution < 1.29 is 12.8 Å². The predicted molar refractivity (Wildman–Crippen MR) is 85.0 cm³/mol. The number of benzene rings is 1. The quantitative estimate of drug-likeness (QED) is 0.918. The van der Waals surface area contributed by atoms with Crippen LogP contribution in [0, 0.1) is 0 Å². The largest absolute Gasteiger partial charge is 0.327 e. The van der Waals surface area contributed by atoms with Crippen LogP contribution in [-0.4, -0.2) is 43.8 Å². The van der Waals surface area contributed by atoms with E-state index < -0.39 is 15.7 Å². The number of rotatable bonds is 4. The van der Waals surface area contributed by atoms with Gasteiger partial charge in [0.15, 0.2) is 0 Å². The summed E-state index contributed by atoms with van der Waals surface area (Å²) in [6, 6.07) is 8.12. The molecule has 1 aromatic rings. The molecule has 1 saturated carbocycles. The lowest BCUT2D eigenvalue weighted by Crippen LogP contribution is -2.45. The highest BCUT2D eigenvalue weighted by Gasteiger charge is 2.40. The summed E-state index contributed by atoms with van der Waals surface area (Å²) in [6.07, 6.45) is 3.01. The van der Waals surface area contributed by atoms with Gasteiger partial charge in [-0.15, -0.1) is 0 Å². The first kappa shape index (κ1) is 15.9. The van der Waals surface area contributed by atoms with Gasteiger partial charge in [0.1, 0.15) is 5.67 Å². The van der Waals surface area contributed by atoms with Gasteiger partial charge in [-0.3, -0.25) is 0 Å². The van der Waals surface area contributed by atoms with E-state index in [4.69, 9.17) is 5.73 Å². The maximum absolute atomic E-state index is 15.1. The molecule has 1 aliphatic carbocycles. The predicted octanol–water partition coefficient (Wildman–Crippen LogP) is 1.81. The minimum absolute atomic E-state index is 0.198. The molecule has 22 heavy (non-hydrogen) atoms. The van der Waals surface area contributed by atoms with Gasteiger partial charge in [-0.05, 0) is 30.4 Å². The molecule has 6 heteroatoms. The molecule has 0 radical (unpaired) electrons. The summed E-state index contributed by atoms with van der Waals surface area (Å²) in [5.74, 6) is 0.357. The van der Waals surface area contributed by atoms with E-state index in [9.17, 15) is 8.42 Å². The lowest BCUT2D eigenvalue weighted by Gasteiger charge is -2.35. The zero-order valence-corrected chi connectivity index (χ0v) is 13.7. The zero-order valence-electron chi connectivity index (χ0n) is 12.8. The van der Waals surface area contributed by atoms with Crippen molar-refractivity contribution in [2.24, 2.45) is 5.73 Å². The summed E-state index contributed by atoms with van der Waals surface area (Å²) in [4.78, 5) is 0. The fourth-order valence-electron chi connectivity index (χ4n) is 3.37. The Morgan fingerprint density at radius 3 is 2.45 bits per heavy atom. The average molecular weight is 326 g/mol. The lowest BCUT2D eigenvalue weighted by atomic mass is 9.85. The lowest BCUT2D eigenvalue weighted by molar-refractivity contribution is 0.0889. The maximum atomic E-state index is 15.1. The van der Waals surface area contributed by atoms with Crippen molar-refractivity contribution in [3.63, 3.8) is 0 Å². The Morgan fingerprint density at radius 2 is 1.91 bits per heavy atom. The van der Waals surface area contributed by atoms with Crippen molar-refractivity contribution in [3.05, 3.63) is 35.4 Å². The first-order valence-electron chi connectivity index (χ1n) is 7.76. The molecule has 1 saturated heterocycles. The van der Waals surface area contributed by atoms with Crippen LogP contribution in [0.5, 0.6) is 0 Å². The smallest absolute Gasteiger partial charge is 0.211 e. The molecule has 2 aliphatic rings. The van der Waals surface area contributed by atoms with Crippen molar-refractivity contribution in [2.45, 2.75) is 43.3 Å². The molecule has 0 spiro atoms. The van der Waals surface area contributed by atoms with E-state index in [1.807, 2.05) is 24.3 Å². The van der Waals surface area contributed by atoms with E-state index >= 15 is 4.39 Å². The van der Waals surface area contributed by atoms with Gasteiger partial charge in [-0.25, -0.2) is 17.1 Å².